The summed E-state index contributed by atoms with van der Waals surface area (Å²) in [6.45, 7) is 4.99. The van der Waals surface area contributed by atoms with E-state index in [0.29, 0.717) is 19.5 Å². The molecule has 0 spiro atoms. The van der Waals surface area contributed by atoms with Gasteiger partial charge in [-0.05, 0) is 33.6 Å². The number of rotatable bonds is 6. The largest absolute Gasteiger partial charge is 0.343 e. The quantitative estimate of drug-likeness (QED) is 0.812. The standard InChI is InChI=1S/C19H30N4O2/c1-15(21(2)3)18(24)20-17(14-16-8-6-5-7-9-16)19(25)23-12-10-22(4)11-13-23/h5-9,15,17H,10-14H2,1-4H3,(H,20,24)/t15-,17?/m0/s1. The molecule has 1 unspecified atom stereocenters. The normalized spacial score (nSPS) is 18.0. The van der Waals surface area contributed by atoms with Gasteiger partial charge in [0.1, 0.15) is 6.04 Å². The van der Waals surface area contributed by atoms with Gasteiger partial charge in [-0.3, -0.25) is 14.5 Å². The van der Waals surface area contributed by atoms with E-state index in [4.69, 9.17) is 0 Å². The van der Waals surface area contributed by atoms with Crippen molar-refractivity contribution in [1.29, 1.82) is 0 Å². The fraction of sp³-hybridized carbons (Fsp3) is 0.579. The maximum Gasteiger partial charge on any atom is 0.245 e. The molecule has 25 heavy (non-hydrogen) atoms. The minimum absolute atomic E-state index is 0.0104. The van der Waals surface area contributed by atoms with Gasteiger partial charge in [-0.15, -0.1) is 0 Å². The Morgan fingerprint density at radius 1 is 1.12 bits per heavy atom. The Hall–Kier alpha value is -1.92. The van der Waals surface area contributed by atoms with Crippen LogP contribution in [0.5, 0.6) is 0 Å². The summed E-state index contributed by atoms with van der Waals surface area (Å²) in [7, 11) is 5.78. The zero-order valence-corrected chi connectivity index (χ0v) is 15.7. The molecular weight excluding hydrogens is 316 g/mol. The molecule has 1 aromatic carbocycles. The number of carbonyl (C=O) groups is 2. The van der Waals surface area contributed by atoms with E-state index in [1.807, 2.05) is 61.2 Å². The van der Waals surface area contributed by atoms with Crippen molar-refractivity contribution in [3.05, 3.63) is 35.9 Å². The van der Waals surface area contributed by atoms with Gasteiger partial charge in [0.25, 0.3) is 0 Å². The second-order valence-corrected chi connectivity index (χ2v) is 7.02. The van der Waals surface area contributed by atoms with Crippen molar-refractivity contribution in [3.63, 3.8) is 0 Å². The van der Waals surface area contributed by atoms with E-state index < -0.39 is 6.04 Å². The Labute approximate surface area is 150 Å². The van der Waals surface area contributed by atoms with E-state index in [1.54, 1.807) is 0 Å². The fourth-order valence-electron chi connectivity index (χ4n) is 2.82. The molecule has 0 aromatic heterocycles. The number of nitrogens with zero attached hydrogens (tertiary/aromatic N) is 3. The highest BCUT2D eigenvalue weighted by Gasteiger charge is 2.29. The third kappa shape index (κ3) is 5.54. The molecule has 1 saturated heterocycles. The van der Waals surface area contributed by atoms with Crippen LogP contribution in [0.2, 0.25) is 0 Å². The summed E-state index contributed by atoms with van der Waals surface area (Å²) in [5.74, 6) is -0.107. The highest BCUT2D eigenvalue weighted by Crippen LogP contribution is 2.09. The highest BCUT2D eigenvalue weighted by molar-refractivity contribution is 5.89. The van der Waals surface area contributed by atoms with Crippen LogP contribution >= 0.6 is 0 Å². The van der Waals surface area contributed by atoms with Gasteiger partial charge in [0, 0.05) is 32.6 Å². The molecule has 1 heterocycles. The van der Waals surface area contributed by atoms with Crippen LogP contribution in [0.3, 0.4) is 0 Å². The van der Waals surface area contributed by atoms with Crippen LogP contribution in [-0.2, 0) is 16.0 Å². The molecule has 1 fully saturated rings. The van der Waals surface area contributed by atoms with Crippen LogP contribution in [0.1, 0.15) is 12.5 Å². The smallest absolute Gasteiger partial charge is 0.245 e. The Morgan fingerprint density at radius 2 is 1.72 bits per heavy atom. The lowest BCUT2D eigenvalue weighted by atomic mass is 10.0. The van der Waals surface area contributed by atoms with Crippen molar-refractivity contribution in [2.24, 2.45) is 0 Å². The lowest BCUT2D eigenvalue weighted by Gasteiger charge is -2.35. The SMILES string of the molecule is C[C@@H](C(=O)NC(Cc1ccccc1)C(=O)N1CCN(C)CC1)N(C)C. The van der Waals surface area contributed by atoms with Gasteiger partial charge < -0.3 is 15.1 Å². The van der Waals surface area contributed by atoms with Crippen molar-refractivity contribution in [1.82, 2.24) is 20.0 Å². The molecule has 1 N–H and O–H groups in total. The number of amides is 2. The first-order valence-electron chi connectivity index (χ1n) is 8.86. The number of carbonyl (C=O) groups excluding carboxylic acids is 2. The van der Waals surface area contributed by atoms with Crippen molar-refractivity contribution in [2.75, 3.05) is 47.3 Å². The Balaban J connectivity index is 2.10. The average Bonchev–Trinajstić information content (AvgIpc) is 2.61. The molecule has 0 radical (unpaired) electrons. The number of likely N-dealkylation sites (N-methyl/N-ethyl adjacent to an activating group) is 2. The number of hydrogen-bond donors (Lipinski definition) is 1. The zero-order chi connectivity index (χ0) is 18.4. The van der Waals surface area contributed by atoms with Crippen molar-refractivity contribution in [2.45, 2.75) is 25.4 Å². The molecule has 0 bridgehead atoms. The van der Waals surface area contributed by atoms with Crippen molar-refractivity contribution >= 4 is 11.8 Å². The van der Waals surface area contributed by atoms with Gasteiger partial charge in [-0.25, -0.2) is 0 Å². The van der Waals surface area contributed by atoms with E-state index >= 15 is 0 Å². The molecule has 2 rings (SSSR count). The molecule has 1 aliphatic heterocycles. The third-order valence-corrected chi connectivity index (χ3v) is 4.87. The number of benzene rings is 1. The van der Waals surface area contributed by atoms with Gasteiger partial charge in [0.15, 0.2) is 0 Å². The van der Waals surface area contributed by atoms with Gasteiger partial charge in [0.2, 0.25) is 11.8 Å². The summed E-state index contributed by atoms with van der Waals surface area (Å²) in [6.07, 6.45) is 0.512. The second kappa shape index (κ2) is 8.97. The predicted molar refractivity (Wildman–Crippen MR) is 99.3 cm³/mol. The van der Waals surface area contributed by atoms with Gasteiger partial charge in [-0.1, -0.05) is 30.3 Å². The first kappa shape index (κ1) is 19.4. The van der Waals surface area contributed by atoms with Crippen LogP contribution in [0, 0.1) is 0 Å². The predicted octanol–water partition coefficient (Wildman–Crippen LogP) is 0.438. The van der Waals surface area contributed by atoms with E-state index in [9.17, 15) is 9.59 Å². The van der Waals surface area contributed by atoms with Crippen LogP contribution in [0.15, 0.2) is 30.3 Å². The summed E-state index contributed by atoms with van der Waals surface area (Å²) < 4.78 is 0. The number of piperazine rings is 1. The van der Waals surface area contributed by atoms with Crippen LogP contribution in [-0.4, -0.2) is 85.9 Å². The number of nitrogens with one attached hydrogen (secondary N) is 1. The third-order valence-electron chi connectivity index (χ3n) is 4.87. The van der Waals surface area contributed by atoms with E-state index in [0.717, 1.165) is 18.7 Å². The molecular formula is C19H30N4O2. The zero-order valence-electron chi connectivity index (χ0n) is 15.7. The minimum atomic E-state index is -0.527. The Bertz CT molecular complexity index is 568. The van der Waals surface area contributed by atoms with E-state index in [-0.39, 0.29) is 17.9 Å². The maximum atomic E-state index is 13.0. The molecule has 1 aromatic rings. The van der Waals surface area contributed by atoms with Crippen LogP contribution in [0.4, 0.5) is 0 Å². The highest BCUT2D eigenvalue weighted by atomic mass is 16.2. The Kier molecular flexibility index (Phi) is 6.96. The number of hydrogen-bond acceptors (Lipinski definition) is 4. The lowest BCUT2D eigenvalue weighted by molar-refractivity contribution is -0.138. The van der Waals surface area contributed by atoms with Gasteiger partial charge >= 0.3 is 0 Å². The van der Waals surface area contributed by atoms with Gasteiger partial charge in [-0.2, -0.15) is 0 Å². The maximum absolute atomic E-state index is 13.0. The molecule has 138 valence electrons. The van der Waals surface area contributed by atoms with Crippen LogP contribution in [0.25, 0.3) is 0 Å². The van der Waals surface area contributed by atoms with Crippen molar-refractivity contribution < 1.29 is 9.59 Å². The van der Waals surface area contributed by atoms with Gasteiger partial charge in [0.05, 0.1) is 6.04 Å². The Morgan fingerprint density at radius 3 is 2.28 bits per heavy atom. The molecule has 6 nitrogen and oxygen atoms in total. The molecule has 0 aliphatic carbocycles. The average molecular weight is 346 g/mol. The molecule has 6 heteroatoms. The summed E-state index contributed by atoms with van der Waals surface area (Å²) in [5, 5.41) is 2.97. The fourth-order valence-corrected chi connectivity index (χ4v) is 2.82. The van der Waals surface area contributed by atoms with E-state index in [1.165, 1.54) is 0 Å². The molecule has 0 saturated carbocycles. The van der Waals surface area contributed by atoms with Crippen LogP contribution < -0.4 is 5.32 Å². The summed E-state index contributed by atoms with van der Waals surface area (Å²) in [6, 6.07) is 9.04. The lowest BCUT2D eigenvalue weighted by Crippen LogP contribution is -2.56. The minimum Gasteiger partial charge on any atom is -0.343 e. The summed E-state index contributed by atoms with van der Waals surface area (Å²) in [5.41, 5.74) is 1.05. The summed E-state index contributed by atoms with van der Waals surface area (Å²) in [4.78, 5) is 31.4. The monoisotopic (exact) mass is 346 g/mol. The topological polar surface area (TPSA) is 55.9 Å². The molecule has 2 atom stereocenters. The molecule has 2 amide bonds. The first-order valence-corrected chi connectivity index (χ1v) is 8.86. The van der Waals surface area contributed by atoms with Crippen molar-refractivity contribution in [3.8, 4) is 0 Å². The first-order chi connectivity index (χ1) is 11.9. The summed E-state index contributed by atoms with van der Waals surface area (Å²) >= 11 is 0. The second-order valence-electron chi connectivity index (χ2n) is 7.02. The van der Waals surface area contributed by atoms with E-state index in [2.05, 4.69) is 17.3 Å². The molecule has 1 aliphatic rings.